The fourth-order valence-corrected chi connectivity index (χ4v) is 3.85. The van der Waals surface area contributed by atoms with E-state index in [0.29, 0.717) is 46.6 Å². The Balaban J connectivity index is 1.57. The first kappa shape index (κ1) is 22.2. The Hall–Kier alpha value is -3.02. The number of rotatable bonds is 5. The zero-order valence-electron chi connectivity index (χ0n) is 17.5. The molecule has 0 radical (unpaired) electrons. The van der Waals surface area contributed by atoms with Gasteiger partial charge in [0.1, 0.15) is 5.75 Å². The third-order valence-corrected chi connectivity index (χ3v) is 5.80. The second-order valence-electron chi connectivity index (χ2n) is 7.62. The van der Waals surface area contributed by atoms with E-state index < -0.39 is 6.10 Å². The van der Waals surface area contributed by atoms with Gasteiger partial charge in [-0.05, 0) is 66.6 Å². The number of halogens is 2. The maximum atomic E-state index is 13.1. The predicted molar refractivity (Wildman–Crippen MR) is 126 cm³/mol. The summed E-state index contributed by atoms with van der Waals surface area (Å²) >= 11 is 11.9. The van der Waals surface area contributed by atoms with Crippen LogP contribution in [-0.2, 0) is 17.9 Å². The molecular formula is C25H22Cl2N2O3. The van der Waals surface area contributed by atoms with Crippen molar-refractivity contribution in [1.82, 2.24) is 4.90 Å². The monoisotopic (exact) mass is 468 g/mol. The van der Waals surface area contributed by atoms with Gasteiger partial charge >= 0.3 is 0 Å². The average molecular weight is 469 g/mol. The highest BCUT2D eigenvalue weighted by molar-refractivity contribution is 6.30. The molecule has 3 aromatic rings. The van der Waals surface area contributed by atoms with E-state index in [1.54, 1.807) is 41.3 Å². The maximum Gasteiger partial charge on any atom is 0.264 e. The molecule has 1 aliphatic heterocycles. The van der Waals surface area contributed by atoms with E-state index in [2.05, 4.69) is 5.32 Å². The first-order valence-corrected chi connectivity index (χ1v) is 11.1. The molecule has 32 heavy (non-hydrogen) atoms. The number of amides is 2. The van der Waals surface area contributed by atoms with E-state index in [1.807, 2.05) is 37.3 Å². The molecule has 3 aromatic carbocycles. The van der Waals surface area contributed by atoms with Crippen molar-refractivity contribution in [1.29, 1.82) is 0 Å². The molecule has 164 valence electrons. The third kappa shape index (κ3) is 5.06. The van der Waals surface area contributed by atoms with Gasteiger partial charge in [0.15, 0.2) is 6.10 Å². The van der Waals surface area contributed by atoms with Gasteiger partial charge in [0.25, 0.3) is 11.8 Å². The van der Waals surface area contributed by atoms with Crippen LogP contribution in [0.3, 0.4) is 0 Å². The minimum absolute atomic E-state index is 0.0644. The molecule has 0 fully saturated rings. The number of anilines is 1. The van der Waals surface area contributed by atoms with Gasteiger partial charge in [0, 0.05) is 39.9 Å². The standard InChI is InChI=1S/C25H22Cl2N2O3/c1-2-22-25(31)29(14-16-3-7-19(26)8-4-16)15-18-13-21(11-12-23(18)32-22)28-24(30)17-5-9-20(27)10-6-17/h3-13,22H,2,14-15H2,1H3,(H,28,30)/t22-/m1/s1. The number of carbonyl (C=O) groups excluding carboxylic acids is 2. The van der Waals surface area contributed by atoms with Gasteiger partial charge in [-0.3, -0.25) is 9.59 Å². The van der Waals surface area contributed by atoms with Crippen LogP contribution in [0.5, 0.6) is 5.75 Å². The zero-order valence-corrected chi connectivity index (χ0v) is 19.0. The summed E-state index contributed by atoms with van der Waals surface area (Å²) in [5.41, 5.74) is 2.94. The Labute approximate surface area is 196 Å². The summed E-state index contributed by atoms with van der Waals surface area (Å²) in [4.78, 5) is 27.4. The van der Waals surface area contributed by atoms with Gasteiger partial charge < -0.3 is 15.0 Å². The Morgan fingerprint density at radius 1 is 1.03 bits per heavy atom. The van der Waals surface area contributed by atoms with E-state index in [-0.39, 0.29) is 11.8 Å². The summed E-state index contributed by atoms with van der Waals surface area (Å²) in [6, 6.07) is 19.6. The highest BCUT2D eigenvalue weighted by Gasteiger charge is 2.30. The van der Waals surface area contributed by atoms with Crippen molar-refractivity contribution >= 4 is 40.7 Å². The molecule has 1 heterocycles. The number of benzene rings is 3. The van der Waals surface area contributed by atoms with Crippen molar-refractivity contribution in [3.05, 3.63) is 93.5 Å². The van der Waals surface area contributed by atoms with Gasteiger partial charge in [0.05, 0.1) is 0 Å². The van der Waals surface area contributed by atoms with Crippen LogP contribution < -0.4 is 10.1 Å². The molecule has 0 bridgehead atoms. The molecule has 0 saturated heterocycles. The van der Waals surface area contributed by atoms with Crippen LogP contribution in [0, 0.1) is 0 Å². The minimum Gasteiger partial charge on any atom is -0.480 e. The zero-order chi connectivity index (χ0) is 22.7. The van der Waals surface area contributed by atoms with Gasteiger partial charge in [-0.15, -0.1) is 0 Å². The molecule has 0 aliphatic carbocycles. The summed E-state index contributed by atoms with van der Waals surface area (Å²) in [6.07, 6.45) is 0.00261. The van der Waals surface area contributed by atoms with Crippen molar-refractivity contribution in [2.75, 3.05) is 5.32 Å². The van der Waals surface area contributed by atoms with Crippen LogP contribution >= 0.6 is 23.2 Å². The van der Waals surface area contributed by atoms with E-state index in [4.69, 9.17) is 27.9 Å². The molecule has 7 heteroatoms. The normalized spacial score (nSPS) is 15.5. The second-order valence-corrected chi connectivity index (χ2v) is 8.49. The number of nitrogens with zero attached hydrogens (tertiary/aromatic N) is 1. The number of carbonyl (C=O) groups is 2. The highest BCUT2D eigenvalue weighted by Crippen LogP contribution is 2.30. The van der Waals surface area contributed by atoms with Crippen molar-refractivity contribution < 1.29 is 14.3 Å². The second kappa shape index (κ2) is 9.63. The largest absolute Gasteiger partial charge is 0.480 e. The fourth-order valence-electron chi connectivity index (χ4n) is 3.59. The number of hydrogen-bond donors (Lipinski definition) is 1. The molecule has 0 unspecified atom stereocenters. The Morgan fingerprint density at radius 3 is 2.34 bits per heavy atom. The predicted octanol–water partition coefficient (Wildman–Crippen LogP) is 5.95. The molecule has 4 rings (SSSR count). The lowest BCUT2D eigenvalue weighted by atomic mass is 10.1. The van der Waals surface area contributed by atoms with Gasteiger partial charge in [-0.1, -0.05) is 42.3 Å². The van der Waals surface area contributed by atoms with Crippen LogP contribution in [0.4, 0.5) is 5.69 Å². The van der Waals surface area contributed by atoms with Gasteiger partial charge in [-0.2, -0.15) is 0 Å². The first-order valence-electron chi connectivity index (χ1n) is 10.3. The van der Waals surface area contributed by atoms with Crippen molar-refractivity contribution in [2.24, 2.45) is 0 Å². The molecule has 5 nitrogen and oxygen atoms in total. The Morgan fingerprint density at radius 2 is 1.69 bits per heavy atom. The van der Waals surface area contributed by atoms with Crippen LogP contribution in [0.1, 0.15) is 34.8 Å². The summed E-state index contributed by atoms with van der Waals surface area (Å²) in [5.74, 6) is 0.343. The van der Waals surface area contributed by atoms with E-state index in [1.165, 1.54) is 0 Å². The molecule has 1 aliphatic rings. The Bertz CT molecular complexity index is 1130. The summed E-state index contributed by atoms with van der Waals surface area (Å²) in [5, 5.41) is 4.12. The molecule has 0 aromatic heterocycles. The van der Waals surface area contributed by atoms with Crippen molar-refractivity contribution in [3.63, 3.8) is 0 Å². The lowest BCUT2D eigenvalue weighted by molar-refractivity contribution is -0.139. The molecule has 0 saturated carbocycles. The van der Waals surface area contributed by atoms with Gasteiger partial charge in [0.2, 0.25) is 0 Å². The summed E-state index contributed by atoms with van der Waals surface area (Å²) in [6.45, 7) is 2.74. The summed E-state index contributed by atoms with van der Waals surface area (Å²) in [7, 11) is 0. The fraction of sp³-hybridized carbons (Fsp3) is 0.200. The third-order valence-electron chi connectivity index (χ3n) is 5.30. The van der Waals surface area contributed by atoms with Crippen molar-refractivity contribution in [2.45, 2.75) is 32.5 Å². The van der Waals surface area contributed by atoms with Gasteiger partial charge in [-0.25, -0.2) is 0 Å². The number of fused-ring (bicyclic) bond motifs is 1. The van der Waals surface area contributed by atoms with Crippen molar-refractivity contribution in [3.8, 4) is 5.75 Å². The topological polar surface area (TPSA) is 58.6 Å². The number of nitrogens with one attached hydrogen (secondary N) is 1. The molecular weight excluding hydrogens is 447 g/mol. The number of ether oxygens (including phenoxy) is 1. The molecule has 2 amide bonds. The highest BCUT2D eigenvalue weighted by atomic mass is 35.5. The van der Waals surface area contributed by atoms with Crippen LogP contribution in [-0.4, -0.2) is 22.8 Å². The Kier molecular flexibility index (Phi) is 6.68. The van der Waals surface area contributed by atoms with Crippen LogP contribution in [0.2, 0.25) is 10.0 Å². The smallest absolute Gasteiger partial charge is 0.264 e. The number of hydrogen-bond acceptors (Lipinski definition) is 3. The molecule has 1 N–H and O–H groups in total. The molecule has 1 atom stereocenters. The van der Waals surface area contributed by atoms with Crippen LogP contribution in [0.15, 0.2) is 66.7 Å². The molecule has 0 spiro atoms. The van der Waals surface area contributed by atoms with E-state index in [0.717, 1.165) is 11.1 Å². The SMILES string of the molecule is CC[C@H]1Oc2ccc(NC(=O)c3ccc(Cl)cc3)cc2CN(Cc2ccc(Cl)cc2)C1=O. The average Bonchev–Trinajstić information content (AvgIpc) is 2.92. The quantitative estimate of drug-likeness (QED) is 0.503. The summed E-state index contributed by atoms with van der Waals surface area (Å²) < 4.78 is 6.02. The lowest BCUT2D eigenvalue weighted by Gasteiger charge is -2.23. The lowest BCUT2D eigenvalue weighted by Crippen LogP contribution is -2.38. The van der Waals surface area contributed by atoms with Crippen LogP contribution in [0.25, 0.3) is 0 Å². The maximum absolute atomic E-state index is 13.1. The minimum atomic E-state index is -0.557. The van der Waals surface area contributed by atoms with E-state index in [9.17, 15) is 9.59 Å². The van der Waals surface area contributed by atoms with E-state index >= 15 is 0 Å². The first-order chi connectivity index (χ1) is 15.4.